The van der Waals surface area contributed by atoms with Crippen LogP contribution in [0.3, 0.4) is 0 Å². The first-order valence-corrected chi connectivity index (χ1v) is 13.6. The zero-order valence-electron chi connectivity index (χ0n) is 19.6. The highest BCUT2D eigenvalue weighted by atomic mass is 16.3. The van der Waals surface area contributed by atoms with Gasteiger partial charge in [0, 0.05) is 24.2 Å². The molecule has 3 nitrogen and oxygen atoms in total. The molecule has 2 saturated heterocycles. The second-order valence-corrected chi connectivity index (χ2v) is 13.3. The SMILES string of the molecule is CC1CCC2C(C)C3CCC4C(CC5C4CC(O)C4CC(O)CCC45C)C3C[NH+]2C1. The Bertz CT molecular complexity index is 665. The normalized spacial score (nSPS) is 62.5. The van der Waals surface area contributed by atoms with Gasteiger partial charge >= 0.3 is 0 Å². The summed E-state index contributed by atoms with van der Waals surface area (Å²) in [6, 6.07) is 0.936. The number of fused-ring (bicyclic) bond motifs is 8. The Balaban J connectivity index is 1.28. The van der Waals surface area contributed by atoms with E-state index >= 15 is 0 Å². The Hall–Kier alpha value is -0.120. The van der Waals surface area contributed by atoms with E-state index in [4.69, 9.17) is 0 Å². The monoisotopic (exact) mass is 416 g/mol. The molecule has 4 saturated carbocycles. The van der Waals surface area contributed by atoms with Crippen LogP contribution in [0.25, 0.3) is 0 Å². The van der Waals surface area contributed by atoms with Gasteiger partial charge in [-0.05, 0) is 92.3 Å². The van der Waals surface area contributed by atoms with Gasteiger partial charge in [-0.1, -0.05) is 20.8 Å². The molecule has 3 N–H and O–H groups in total. The van der Waals surface area contributed by atoms with Crippen LogP contribution >= 0.6 is 0 Å². The molecule has 6 rings (SSSR count). The topological polar surface area (TPSA) is 44.9 Å². The first-order valence-electron chi connectivity index (χ1n) is 13.6. The fourth-order valence-electron chi connectivity index (χ4n) is 10.8. The Labute approximate surface area is 184 Å². The maximum absolute atomic E-state index is 11.2. The molecule has 0 amide bonds. The summed E-state index contributed by atoms with van der Waals surface area (Å²) in [5.41, 5.74) is 0.268. The molecule has 2 heterocycles. The van der Waals surface area contributed by atoms with Crippen LogP contribution in [0.15, 0.2) is 0 Å². The molecule has 0 aromatic rings. The summed E-state index contributed by atoms with van der Waals surface area (Å²) in [6.45, 7) is 10.5. The standard InChI is InChI=1S/C27H45NO2/c1-15-4-7-25-16(2)18-5-6-19-20(22(18)14-28(25)13-15)11-23-21(19)12-26(30)24-10-17(29)8-9-27(23,24)3/h15-26,29-30H,4-14H2,1-3H3/p+1. The lowest BCUT2D eigenvalue weighted by atomic mass is 9.51. The van der Waals surface area contributed by atoms with Crippen LogP contribution in [0, 0.1) is 58.7 Å². The molecule has 0 spiro atoms. The van der Waals surface area contributed by atoms with Crippen LogP contribution < -0.4 is 4.90 Å². The van der Waals surface area contributed by atoms with Crippen molar-refractivity contribution in [2.45, 2.75) is 96.8 Å². The van der Waals surface area contributed by atoms with Crippen molar-refractivity contribution >= 4 is 0 Å². The molecule has 6 aliphatic rings. The lowest BCUT2D eigenvalue weighted by molar-refractivity contribution is -0.949. The number of quaternary nitrogens is 1. The maximum Gasteiger partial charge on any atom is 0.0903 e. The molecule has 3 heteroatoms. The van der Waals surface area contributed by atoms with Crippen molar-refractivity contribution in [1.29, 1.82) is 0 Å². The van der Waals surface area contributed by atoms with Crippen LogP contribution in [0.2, 0.25) is 0 Å². The first kappa shape index (κ1) is 20.5. The molecule has 14 atom stereocenters. The third-order valence-electron chi connectivity index (χ3n) is 12.2. The fourth-order valence-corrected chi connectivity index (χ4v) is 10.8. The van der Waals surface area contributed by atoms with Gasteiger partial charge in [-0.25, -0.2) is 0 Å². The predicted octanol–water partition coefficient (Wildman–Crippen LogP) is 3.15. The summed E-state index contributed by atoms with van der Waals surface area (Å²) in [5.74, 6) is 7.41. The average molecular weight is 417 g/mol. The van der Waals surface area contributed by atoms with Gasteiger partial charge in [0.25, 0.3) is 0 Å². The summed E-state index contributed by atoms with van der Waals surface area (Å²) in [7, 11) is 0. The Kier molecular flexibility index (Phi) is 4.91. The molecule has 0 aromatic heterocycles. The summed E-state index contributed by atoms with van der Waals surface area (Å²) < 4.78 is 0. The smallest absolute Gasteiger partial charge is 0.0903 e. The average Bonchev–Trinajstić information content (AvgIpc) is 3.09. The van der Waals surface area contributed by atoms with Gasteiger partial charge in [0.2, 0.25) is 0 Å². The maximum atomic E-state index is 11.2. The van der Waals surface area contributed by atoms with E-state index < -0.39 is 0 Å². The van der Waals surface area contributed by atoms with Gasteiger partial charge in [-0.3, -0.25) is 0 Å². The molecular formula is C27H46NO2+. The molecule has 2 aliphatic heterocycles. The number of hydrogen-bond donors (Lipinski definition) is 3. The minimum Gasteiger partial charge on any atom is -0.393 e. The summed E-state index contributed by atoms with van der Waals surface area (Å²) in [5, 5.41) is 21.5. The number of aliphatic hydroxyl groups excluding tert-OH is 2. The second kappa shape index (κ2) is 7.19. The van der Waals surface area contributed by atoms with Gasteiger partial charge in [-0.2, -0.15) is 0 Å². The van der Waals surface area contributed by atoms with Gasteiger partial charge in [0.15, 0.2) is 0 Å². The minimum atomic E-state index is -0.178. The molecule has 30 heavy (non-hydrogen) atoms. The van der Waals surface area contributed by atoms with Crippen molar-refractivity contribution in [2.75, 3.05) is 13.1 Å². The molecule has 0 aromatic carbocycles. The molecule has 4 aliphatic carbocycles. The van der Waals surface area contributed by atoms with E-state index in [1.807, 2.05) is 4.90 Å². The zero-order chi connectivity index (χ0) is 20.8. The number of rotatable bonds is 0. The quantitative estimate of drug-likeness (QED) is 0.568. The van der Waals surface area contributed by atoms with Crippen molar-refractivity contribution in [3.8, 4) is 0 Å². The number of nitrogens with one attached hydrogen (secondary N) is 1. The lowest BCUT2D eigenvalue weighted by Gasteiger charge is -2.56. The summed E-state index contributed by atoms with van der Waals surface area (Å²) >= 11 is 0. The van der Waals surface area contributed by atoms with Crippen LogP contribution in [0.5, 0.6) is 0 Å². The van der Waals surface area contributed by atoms with Crippen molar-refractivity contribution in [3.63, 3.8) is 0 Å². The highest BCUT2D eigenvalue weighted by molar-refractivity contribution is 5.11. The van der Waals surface area contributed by atoms with Crippen molar-refractivity contribution < 1.29 is 15.1 Å². The van der Waals surface area contributed by atoms with E-state index in [0.717, 1.165) is 79.1 Å². The lowest BCUT2D eigenvalue weighted by Crippen LogP contribution is -3.20. The van der Waals surface area contributed by atoms with Crippen LogP contribution in [0.4, 0.5) is 0 Å². The predicted molar refractivity (Wildman–Crippen MR) is 119 cm³/mol. The summed E-state index contributed by atoms with van der Waals surface area (Å²) in [4.78, 5) is 1.96. The number of piperidine rings is 2. The Morgan fingerprint density at radius 1 is 0.733 bits per heavy atom. The van der Waals surface area contributed by atoms with Crippen LogP contribution in [-0.2, 0) is 0 Å². The van der Waals surface area contributed by atoms with E-state index in [0.29, 0.717) is 5.92 Å². The van der Waals surface area contributed by atoms with E-state index in [2.05, 4.69) is 20.8 Å². The molecule has 0 bridgehead atoms. The highest BCUT2D eigenvalue weighted by Crippen LogP contribution is 2.66. The molecule has 0 radical (unpaired) electrons. The largest absolute Gasteiger partial charge is 0.393 e. The fraction of sp³-hybridized carbons (Fsp3) is 1.00. The van der Waals surface area contributed by atoms with Crippen LogP contribution in [-0.4, -0.2) is 41.6 Å². The molecule has 6 fully saturated rings. The minimum absolute atomic E-state index is 0.175. The number of hydrogen-bond acceptors (Lipinski definition) is 2. The van der Waals surface area contributed by atoms with Gasteiger partial charge in [0.05, 0.1) is 31.3 Å². The third-order valence-corrected chi connectivity index (χ3v) is 12.2. The third kappa shape index (κ3) is 2.86. The van der Waals surface area contributed by atoms with E-state index in [9.17, 15) is 10.2 Å². The summed E-state index contributed by atoms with van der Waals surface area (Å²) in [6.07, 6.45) is 10.9. The van der Waals surface area contributed by atoms with E-state index in [1.165, 1.54) is 45.2 Å². The Morgan fingerprint density at radius 3 is 2.37 bits per heavy atom. The van der Waals surface area contributed by atoms with Crippen molar-refractivity contribution in [1.82, 2.24) is 0 Å². The molecular weight excluding hydrogens is 370 g/mol. The van der Waals surface area contributed by atoms with E-state index in [1.54, 1.807) is 0 Å². The van der Waals surface area contributed by atoms with Gasteiger partial charge in [0.1, 0.15) is 0 Å². The van der Waals surface area contributed by atoms with Gasteiger partial charge in [-0.15, -0.1) is 0 Å². The second-order valence-electron chi connectivity index (χ2n) is 13.3. The van der Waals surface area contributed by atoms with E-state index in [-0.39, 0.29) is 17.6 Å². The number of aliphatic hydroxyl groups is 2. The van der Waals surface area contributed by atoms with Crippen molar-refractivity contribution in [2.24, 2.45) is 58.7 Å². The van der Waals surface area contributed by atoms with Crippen molar-refractivity contribution in [3.05, 3.63) is 0 Å². The zero-order valence-corrected chi connectivity index (χ0v) is 19.6. The van der Waals surface area contributed by atoms with Crippen LogP contribution in [0.1, 0.15) is 78.6 Å². The Morgan fingerprint density at radius 2 is 1.53 bits per heavy atom. The van der Waals surface area contributed by atoms with Gasteiger partial charge < -0.3 is 15.1 Å². The molecule has 170 valence electrons. The highest BCUT2D eigenvalue weighted by Gasteiger charge is 2.63. The first-order chi connectivity index (χ1) is 14.4. The molecule has 14 unspecified atom stereocenters.